The van der Waals surface area contributed by atoms with Crippen LogP contribution in [0.2, 0.25) is 0 Å². The molecule has 0 bridgehead atoms. The van der Waals surface area contributed by atoms with Crippen LogP contribution in [-0.4, -0.2) is 79.9 Å². The predicted molar refractivity (Wildman–Crippen MR) is 397 cm³/mol. The van der Waals surface area contributed by atoms with Crippen molar-refractivity contribution in [2.45, 2.75) is 0 Å². The number of ether oxygens (including phenoxy) is 6. The first-order chi connectivity index (χ1) is 49.9. The number of hydrogen-bond acceptors (Lipinski definition) is 18. The molecular weight excluding hydrogens is 1460 g/mol. The Morgan fingerprint density at radius 3 is 0.423 bits per heavy atom. The molecule has 12 rings (SSSR count). The predicted octanol–water partition coefficient (Wildman–Crippen LogP) is 15.1. The Morgan fingerprint density at radius 2 is 0.298 bits per heavy atom. The maximum Gasteiger partial charge on any atom is 3.00 e. The summed E-state index contributed by atoms with van der Waals surface area (Å²) in [7, 11) is 9.56. The molecule has 0 aliphatic rings. The average molecular weight is 1540 g/mol. The summed E-state index contributed by atoms with van der Waals surface area (Å²) in [4.78, 5) is 25.5. The van der Waals surface area contributed by atoms with Crippen molar-refractivity contribution >= 4 is 71.4 Å². The first-order valence-corrected chi connectivity index (χ1v) is 31.5. The number of nitrogens with zero attached hydrogens (tertiary/aromatic N) is 6. The number of rotatable bonds is 18. The van der Waals surface area contributed by atoms with Gasteiger partial charge in [-0.3, -0.25) is 30.0 Å². The van der Waals surface area contributed by atoms with Crippen LogP contribution in [0.3, 0.4) is 0 Å². The third-order valence-electron chi connectivity index (χ3n) is 14.1. The van der Waals surface area contributed by atoms with E-state index in [0.717, 1.165) is 0 Å². The maximum atomic E-state index is 11.5. The smallest absolute Gasteiger partial charge is 0.872 e. The second kappa shape index (κ2) is 46.8. The molecule has 0 saturated heterocycles. The molecule has 0 aliphatic carbocycles. The van der Waals surface area contributed by atoms with Crippen molar-refractivity contribution in [2.75, 3.05) is 42.7 Å². The standard InChI is InChI=1S/6C14H13NO2.2Y/c6*1-17-14-9-5-3-7-12(14)15-10-11-6-2-4-8-13(11)16;;/h6*2-10,16H,1H3;;/q;;;;;;2*+3/p-6. The molecule has 0 amide bonds. The zero-order valence-electron chi connectivity index (χ0n) is 57.9. The molecule has 516 valence electrons. The minimum Gasteiger partial charge on any atom is -0.872 e. The molecule has 0 aliphatic heterocycles. The quantitative estimate of drug-likeness (QED) is 0.0726. The van der Waals surface area contributed by atoms with E-state index in [1.54, 1.807) is 153 Å². The number of methoxy groups -OCH3 is 6. The molecule has 0 heterocycles. The first kappa shape index (κ1) is 83.1. The van der Waals surface area contributed by atoms with Crippen LogP contribution in [0.1, 0.15) is 33.4 Å². The molecule has 0 saturated carbocycles. The van der Waals surface area contributed by atoms with E-state index >= 15 is 0 Å². The van der Waals surface area contributed by atoms with Gasteiger partial charge in [-0.25, -0.2) is 0 Å². The number of aliphatic imine (C=N–C) groups is 6. The van der Waals surface area contributed by atoms with Gasteiger partial charge in [-0.1, -0.05) is 218 Å². The Bertz CT molecular complexity index is 3990. The van der Waals surface area contributed by atoms with Crippen LogP contribution in [0, 0.1) is 0 Å². The molecule has 20 heteroatoms. The van der Waals surface area contributed by atoms with Gasteiger partial charge in [-0.15, -0.1) is 34.5 Å². The molecule has 0 fully saturated rings. The fourth-order valence-electron chi connectivity index (χ4n) is 8.78. The van der Waals surface area contributed by atoms with Crippen LogP contribution in [0.5, 0.6) is 69.0 Å². The van der Waals surface area contributed by atoms with E-state index in [1.807, 2.05) is 182 Å². The summed E-state index contributed by atoms with van der Waals surface area (Å²) in [6.45, 7) is 0. The van der Waals surface area contributed by atoms with E-state index in [0.29, 0.717) is 102 Å². The van der Waals surface area contributed by atoms with E-state index in [-0.39, 0.29) is 99.9 Å². The minimum atomic E-state index is -0.0360. The topological polar surface area (TPSA) is 268 Å². The molecule has 0 atom stereocenters. The van der Waals surface area contributed by atoms with Crippen LogP contribution in [0.15, 0.2) is 321 Å². The van der Waals surface area contributed by atoms with Crippen LogP contribution in [0.4, 0.5) is 34.1 Å². The van der Waals surface area contributed by atoms with Crippen molar-refractivity contribution in [1.29, 1.82) is 0 Å². The van der Waals surface area contributed by atoms with Crippen molar-refractivity contribution in [3.8, 4) is 69.0 Å². The van der Waals surface area contributed by atoms with E-state index in [2.05, 4.69) is 30.0 Å². The second-order valence-corrected chi connectivity index (χ2v) is 20.8. The zero-order valence-corrected chi connectivity index (χ0v) is 63.6. The van der Waals surface area contributed by atoms with Gasteiger partial charge in [0.25, 0.3) is 0 Å². The van der Waals surface area contributed by atoms with E-state index in [9.17, 15) is 30.6 Å². The van der Waals surface area contributed by atoms with Gasteiger partial charge >= 0.3 is 65.4 Å². The first-order valence-electron chi connectivity index (χ1n) is 31.5. The third kappa shape index (κ3) is 27.4. The Balaban J connectivity index is 0.000000223. The van der Waals surface area contributed by atoms with Crippen molar-refractivity contribution in [1.82, 2.24) is 0 Å². The summed E-state index contributed by atoms with van der Waals surface area (Å²) in [5.41, 5.74) is 7.65. The van der Waals surface area contributed by atoms with Gasteiger partial charge in [0.15, 0.2) is 0 Å². The van der Waals surface area contributed by atoms with E-state index in [1.165, 1.54) is 36.4 Å². The van der Waals surface area contributed by atoms with Crippen molar-refractivity contribution in [3.63, 3.8) is 0 Å². The molecule has 104 heavy (non-hydrogen) atoms. The average Bonchev–Trinajstić information content (AvgIpc) is 0.922. The summed E-state index contributed by atoms with van der Waals surface area (Å²) in [6, 6.07) is 85.1. The van der Waals surface area contributed by atoms with Gasteiger partial charge in [0.05, 0.1) is 42.7 Å². The molecule has 0 spiro atoms. The van der Waals surface area contributed by atoms with E-state index < -0.39 is 0 Å². The third-order valence-corrected chi connectivity index (χ3v) is 14.1. The Hall–Kier alpha value is -11.5. The second-order valence-electron chi connectivity index (χ2n) is 20.8. The summed E-state index contributed by atoms with van der Waals surface area (Å²) >= 11 is 0. The van der Waals surface area contributed by atoms with Crippen molar-refractivity contribution in [2.24, 2.45) is 30.0 Å². The monoisotopic (exact) mass is 1530 g/mol. The van der Waals surface area contributed by atoms with Gasteiger partial charge < -0.3 is 59.1 Å². The summed E-state index contributed by atoms with van der Waals surface area (Å²) < 4.78 is 31.0. The molecule has 18 nitrogen and oxygen atoms in total. The summed E-state index contributed by atoms with van der Waals surface area (Å²) in [6.07, 6.45) is 9.33. The molecule has 0 unspecified atom stereocenters. The van der Waals surface area contributed by atoms with Crippen LogP contribution >= 0.6 is 0 Å². The van der Waals surface area contributed by atoms with Gasteiger partial charge in [0.2, 0.25) is 0 Å². The van der Waals surface area contributed by atoms with E-state index in [4.69, 9.17) is 28.4 Å². The van der Waals surface area contributed by atoms with Crippen LogP contribution in [0.25, 0.3) is 0 Å². The van der Waals surface area contributed by atoms with Crippen molar-refractivity contribution < 1.29 is 124 Å². The van der Waals surface area contributed by atoms with Crippen LogP contribution in [-0.2, 0) is 65.4 Å². The van der Waals surface area contributed by atoms with Gasteiger partial charge in [-0.05, 0) is 106 Å². The van der Waals surface area contributed by atoms with Crippen molar-refractivity contribution in [3.05, 3.63) is 325 Å². The molecular formula is C84H72N6O12Y2. The fraction of sp³-hybridized carbons (Fsp3) is 0.0714. The van der Waals surface area contributed by atoms with Gasteiger partial charge in [0.1, 0.15) is 68.6 Å². The summed E-state index contributed by atoms with van der Waals surface area (Å²) in [5.74, 6) is 3.91. The largest absolute Gasteiger partial charge is 3.00 e. The normalized spacial score (nSPS) is 10.4. The molecule has 0 radical (unpaired) electrons. The summed E-state index contributed by atoms with van der Waals surface area (Å²) in [5, 5.41) is 68.8. The Labute approximate surface area is 656 Å². The fourth-order valence-corrected chi connectivity index (χ4v) is 8.78. The Kier molecular flexibility index (Phi) is 37.4. The van der Waals surface area contributed by atoms with Crippen LogP contribution < -0.4 is 59.1 Å². The SMILES string of the molecule is COc1ccccc1N=Cc1ccccc1[O-].COc1ccccc1N=Cc1ccccc1[O-].COc1ccccc1N=Cc1ccccc1[O-].COc1ccccc1N=Cc1ccccc1[O-].COc1ccccc1N=Cc1ccccc1[O-].COc1ccccc1N=Cc1ccccc1[O-].[Y+3].[Y+3]. The zero-order chi connectivity index (χ0) is 72.5. The number of benzene rings is 12. The minimum absolute atomic E-state index is 0. The Morgan fingerprint density at radius 1 is 0.183 bits per heavy atom. The molecule has 12 aromatic carbocycles. The van der Waals surface area contributed by atoms with Gasteiger partial charge in [-0.2, -0.15) is 0 Å². The maximum absolute atomic E-state index is 11.5. The number of hydrogen-bond donors (Lipinski definition) is 0. The number of para-hydroxylation sites is 18. The van der Waals surface area contributed by atoms with Gasteiger partial charge in [0, 0.05) is 37.3 Å². The molecule has 0 aromatic heterocycles. The molecule has 0 N–H and O–H groups in total. The molecule has 12 aromatic rings.